The second kappa shape index (κ2) is 9.55. The molecule has 134 valence electrons. The van der Waals surface area contributed by atoms with Crippen LogP contribution in [-0.2, 0) is 19.6 Å². The van der Waals surface area contributed by atoms with E-state index in [9.17, 15) is 13.2 Å². The number of esters is 1. The Hall–Kier alpha value is -1.71. The van der Waals surface area contributed by atoms with Crippen LogP contribution in [0.25, 0.3) is 0 Å². The highest BCUT2D eigenvalue weighted by Crippen LogP contribution is 2.18. The van der Waals surface area contributed by atoms with Gasteiger partial charge in [-0.2, -0.15) is 0 Å². The van der Waals surface area contributed by atoms with Gasteiger partial charge in [-0.1, -0.05) is 12.5 Å². The van der Waals surface area contributed by atoms with Crippen molar-refractivity contribution in [3.05, 3.63) is 23.8 Å². The molecule has 0 saturated heterocycles. The number of methoxy groups -OCH3 is 1. The summed E-state index contributed by atoms with van der Waals surface area (Å²) in [6.07, 6.45) is 2.92. The van der Waals surface area contributed by atoms with Crippen LogP contribution in [0.1, 0.15) is 31.2 Å². The normalized spacial score (nSPS) is 11.0. The van der Waals surface area contributed by atoms with Crippen LogP contribution >= 0.6 is 12.2 Å². The Bertz CT molecular complexity index is 690. The third-order valence-corrected chi connectivity index (χ3v) is 4.62. The second-order valence-corrected chi connectivity index (χ2v) is 7.23. The fourth-order valence-electron chi connectivity index (χ4n) is 2.03. The molecule has 0 atom stereocenters. The summed E-state index contributed by atoms with van der Waals surface area (Å²) in [6.45, 7) is 2.33. The number of hydrogen-bond acceptors (Lipinski definition) is 5. The van der Waals surface area contributed by atoms with Gasteiger partial charge >= 0.3 is 5.97 Å². The summed E-state index contributed by atoms with van der Waals surface area (Å²) >= 11 is 5.17. The minimum atomic E-state index is -3.77. The number of thiocarbonyl (C=S) groups is 1. The molecular weight excluding hydrogens is 350 g/mol. The average Bonchev–Trinajstić information content (AvgIpc) is 2.51. The molecule has 1 aromatic rings. The number of carbonyl (C=O) groups is 1. The molecule has 0 aromatic heterocycles. The van der Waals surface area contributed by atoms with Gasteiger partial charge in [0.05, 0.1) is 12.0 Å². The molecule has 9 heteroatoms. The third-order valence-electron chi connectivity index (χ3n) is 3.32. The number of primary sulfonamides is 1. The first-order valence-electron chi connectivity index (χ1n) is 7.49. The summed E-state index contributed by atoms with van der Waals surface area (Å²) in [4.78, 5) is 11.0. The third kappa shape index (κ3) is 7.24. The lowest BCUT2D eigenvalue weighted by Crippen LogP contribution is -2.29. The molecule has 7 nitrogen and oxygen atoms in total. The van der Waals surface area contributed by atoms with Crippen molar-refractivity contribution in [2.75, 3.05) is 19.0 Å². The van der Waals surface area contributed by atoms with Gasteiger partial charge in [0.15, 0.2) is 5.11 Å². The standard InChI is InChI=1S/C15H23N3O4S2/c1-11-7-8-12(10-13(11)24(16,20)21)18-15(23)17-9-5-3-4-6-14(19)22-2/h7-8,10H,3-6,9H2,1-2H3,(H2,16,20,21)(H2,17,18,23). The molecule has 4 N–H and O–H groups in total. The van der Waals surface area contributed by atoms with Crippen molar-refractivity contribution in [3.8, 4) is 0 Å². The number of nitrogens with two attached hydrogens (primary N) is 1. The summed E-state index contributed by atoms with van der Waals surface area (Å²) in [5.41, 5.74) is 1.13. The smallest absolute Gasteiger partial charge is 0.305 e. The lowest BCUT2D eigenvalue weighted by Gasteiger charge is -2.12. The van der Waals surface area contributed by atoms with E-state index in [-0.39, 0.29) is 10.9 Å². The zero-order chi connectivity index (χ0) is 18.2. The first-order valence-corrected chi connectivity index (χ1v) is 9.44. The molecule has 0 fully saturated rings. The molecule has 0 aliphatic heterocycles. The van der Waals surface area contributed by atoms with E-state index < -0.39 is 10.0 Å². The molecule has 0 unspecified atom stereocenters. The molecule has 1 rings (SSSR count). The zero-order valence-corrected chi connectivity index (χ0v) is 15.4. The lowest BCUT2D eigenvalue weighted by atomic mass is 10.2. The number of carbonyl (C=O) groups excluding carboxylic acids is 1. The van der Waals surface area contributed by atoms with Gasteiger partial charge in [-0.25, -0.2) is 13.6 Å². The predicted molar refractivity (Wildman–Crippen MR) is 97.3 cm³/mol. The van der Waals surface area contributed by atoms with Crippen LogP contribution in [-0.4, -0.2) is 33.2 Å². The van der Waals surface area contributed by atoms with Crippen LogP contribution in [0.3, 0.4) is 0 Å². The van der Waals surface area contributed by atoms with Gasteiger partial charge in [-0.3, -0.25) is 4.79 Å². The lowest BCUT2D eigenvalue weighted by molar-refractivity contribution is -0.140. The van der Waals surface area contributed by atoms with Gasteiger partial charge < -0.3 is 15.4 Å². The van der Waals surface area contributed by atoms with Crippen molar-refractivity contribution >= 4 is 39.0 Å². The average molecular weight is 374 g/mol. The number of hydrogen-bond donors (Lipinski definition) is 3. The minimum absolute atomic E-state index is 0.0677. The molecule has 0 heterocycles. The topological polar surface area (TPSA) is 111 Å². The van der Waals surface area contributed by atoms with Crippen molar-refractivity contribution in [1.82, 2.24) is 5.32 Å². The van der Waals surface area contributed by atoms with Crippen molar-refractivity contribution in [1.29, 1.82) is 0 Å². The number of sulfonamides is 1. The highest BCUT2D eigenvalue weighted by Gasteiger charge is 2.12. The van der Waals surface area contributed by atoms with E-state index in [4.69, 9.17) is 17.4 Å². The number of rotatable bonds is 8. The Morgan fingerprint density at radius 2 is 2.00 bits per heavy atom. The van der Waals surface area contributed by atoms with Crippen molar-refractivity contribution in [2.24, 2.45) is 5.14 Å². The number of ether oxygens (including phenoxy) is 1. The molecule has 0 radical (unpaired) electrons. The minimum Gasteiger partial charge on any atom is -0.469 e. The van der Waals surface area contributed by atoms with Crippen LogP contribution in [0.2, 0.25) is 0 Å². The Morgan fingerprint density at radius 1 is 1.29 bits per heavy atom. The Kier molecular flexibility index (Phi) is 8.09. The van der Waals surface area contributed by atoms with E-state index in [1.807, 2.05) is 0 Å². The van der Waals surface area contributed by atoms with Crippen molar-refractivity contribution in [3.63, 3.8) is 0 Å². The summed E-state index contributed by atoms with van der Waals surface area (Å²) in [7, 11) is -2.39. The van der Waals surface area contributed by atoms with Crippen molar-refractivity contribution in [2.45, 2.75) is 37.5 Å². The summed E-state index contributed by atoms with van der Waals surface area (Å²) < 4.78 is 27.6. The maximum atomic E-state index is 11.5. The summed E-state index contributed by atoms with van der Waals surface area (Å²) in [5.74, 6) is -0.204. The van der Waals surface area contributed by atoms with Gasteiger partial charge in [-0.15, -0.1) is 0 Å². The fraction of sp³-hybridized carbons (Fsp3) is 0.467. The SMILES string of the molecule is COC(=O)CCCCCNC(=S)Nc1ccc(C)c(S(N)(=O)=O)c1. The maximum Gasteiger partial charge on any atom is 0.305 e. The van der Waals surface area contributed by atoms with Crippen LogP contribution in [0.5, 0.6) is 0 Å². The maximum absolute atomic E-state index is 11.5. The van der Waals surface area contributed by atoms with Crippen LogP contribution in [0.4, 0.5) is 5.69 Å². The Labute approximate surface area is 148 Å². The molecule has 0 spiro atoms. The largest absolute Gasteiger partial charge is 0.469 e. The first kappa shape index (κ1) is 20.3. The predicted octanol–water partition coefficient (Wildman–Crippen LogP) is 1.66. The van der Waals surface area contributed by atoms with E-state index in [0.717, 1.165) is 19.3 Å². The van der Waals surface area contributed by atoms with E-state index in [0.29, 0.717) is 29.3 Å². The molecule has 0 aliphatic carbocycles. The number of benzene rings is 1. The monoisotopic (exact) mass is 373 g/mol. The molecular formula is C15H23N3O4S2. The van der Waals surface area contributed by atoms with Crippen molar-refractivity contribution < 1.29 is 17.9 Å². The van der Waals surface area contributed by atoms with E-state index in [2.05, 4.69) is 15.4 Å². The van der Waals surface area contributed by atoms with Crippen LogP contribution in [0, 0.1) is 6.92 Å². The quantitative estimate of drug-likeness (QED) is 0.361. The molecule has 24 heavy (non-hydrogen) atoms. The summed E-state index contributed by atoms with van der Waals surface area (Å²) in [6, 6.07) is 4.85. The van der Waals surface area contributed by atoms with Gasteiger partial charge in [-0.05, 0) is 49.7 Å². The zero-order valence-electron chi connectivity index (χ0n) is 13.8. The molecule has 0 amide bonds. The Balaban J connectivity index is 2.39. The number of aryl methyl sites for hydroxylation is 1. The molecule has 0 bridgehead atoms. The van der Waals surface area contributed by atoms with E-state index in [1.54, 1.807) is 19.1 Å². The first-order chi connectivity index (χ1) is 11.2. The van der Waals surface area contributed by atoms with E-state index >= 15 is 0 Å². The molecule has 0 aliphatic rings. The van der Waals surface area contributed by atoms with Gasteiger partial charge in [0.2, 0.25) is 10.0 Å². The summed E-state index contributed by atoms with van der Waals surface area (Å²) in [5, 5.41) is 11.5. The number of unbranched alkanes of at least 4 members (excludes halogenated alkanes) is 2. The van der Waals surface area contributed by atoms with Crippen LogP contribution in [0.15, 0.2) is 23.1 Å². The van der Waals surface area contributed by atoms with E-state index in [1.165, 1.54) is 13.2 Å². The van der Waals surface area contributed by atoms with Crippen LogP contribution < -0.4 is 15.8 Å². The van der Waals surface area contributed by atoms with Gasteiger partial charge in [0, 0.05) is 18.7 Å². The number of nitrogens with one attached hydrogen (secondary N) is 2. The molecule has 1 aromatic carbocycles. The highest BCUT2D eigenvalue weighted by atomic mass is 32.2. The highest BCUT2D eigenvalue weighted by molar-refractivity contribution is 7.89. The fourth-order valence-corrected chi connectivity index (χ4v) is 3.06. The van der Waals surface area contributed by atoms with Gasteiger partial charge in [0.25, 0.3) is 0 Å². The number of anilines is 1. The molecule has 0 saturated carbocycles. The second-order valence-electron chi connectivity index (χ2n) is 5.29. The Morgan fingerprint density at radius 3 is 2.62 bits per heavy atom. The van der Waals surface area contributed by atoms with Gasteiger partial charge in [0.1, 0.15) is 0 Å².